The van der Waals surface area contributed by atoms with Crippen molar-refractivity contribution in [1.82, 2.24) is 0 Å². The van der Waals surface area contributed by atoms with Gasteiger partial charge in [-0.25, -0.2) is 4.57 Å². The maximum atomic E-state index is 10.4. The topological polar surface area (TPSA) is 164 Å². The standard InChI is InChI=1S/C5H8N2O2.H3O4P/c6-3(8)5(1-2-5)4(7)9;1-5(2,3)4/h1-2H2,(H2,6,8)(H2,7,9);(H3,1,2,3,4). The van der Waals surface area contributed by atoms with E-state index >= 15 is 0 Å². The van der Waals surface area contributed by atoms with Gasteiger partial charge in [-0.2, -0.15) is 0 Å². The predicted octanol–water partition coefficient (Wildman–Crippen LogP) is -2.19. The second-order valence-electron chi connectivity index (χ2n) is 2.82. The van der Waals surface area contributed by atoms with Crippen molar-refractivity contribution in [3.05, 3.63) is 0 Å². The van der Waals surface area contributed by atoms with E-state index in [0.717, 1.165) is 0 Å². The number of hydrogen-bond acceptors (Lipinski definition) is 3. The summed E-state index contributed by atoms with van der Waals surface area (Å²) in [7, 11) is -4.64. The molecule has 1 fully saturated rings. The van der Waals surface area contributed by atoms with Gasteiger partial charge < -0.3 is 26.1 Å². The second-order valence-corrected chi connectivity index (χ2v) is 3.85. The van der Waals surface area contributed by atoms with E-state index in [9.17, 15) is 9.59 Å². The monoisotopic (exact) mass is 226 g/mol. The van der Waals surface area contributed by atoms with Crippen LogP contribution in [0.2, 0.25) is 0 Å². The summed E-state index contributed by atoms with van der Waals surface area (Å²) in [5.74, 6) is -1.18. The molecule has 8 nitrogen and oxygen atoms in total. The lowest BCUT2D eigenvalue weighted by Gasteiger charge is -2.02. The summed E-state index contributed by atoms with van der Waals surface area (Å²) in [6, 6.07) is 0. The van der Waals surface area contributed by atoms with Gasteiger partial charge in [0.1, 0.15) is 5.41 Å². The molecule has 82 valence electrons. The number of nitrogens with two attached hydrogens (primary N) is 2. The van der Waals surface area contributed by atoms with Crippen LogP contribution in [0, 0.1) is 5.41 Å². The van der Waals surface area contributed by atoms with Crippen LogP contribution in [0.15, 0.2) is 0 Å². The van der Waals surface area contributed by atoms with Gasteiger partial charge in [-0.05, 0) is 12.8 Å². The Bertz CT molecular complexity index is 268. The molecule has 0 atom stereocenters. The maximum Gasteiger partial charge on any atom is 0.466 e. The van der Waals surface area contributed by atoms with E-state index in [1.807, 2.05) is 0 Å². The summed E-state index contributed by atoms with van der Waals surface area (Å²) >= 11 is 0. The van der Waals surface area contributed by atoms with E-state index in [1.165, 1.54) is 0 Å². The van der Waals surface area contributed by atoms with Crippen LogP contribution >= 0.6 is 7.82 Å². The van der Waals surface area contributed by atoms with Crippen LogP contribution in [-0.4, -0.2) is 26.5 Å². The highest BCUT2D eigenvalue weighted by molar-refractivity contribution is 7.45. The van der Waals surface area contributed by atoms with Gasteiger partial charge in [-0.3, -0.25) is 9.59 Å². The highest BCUT2D eigenvalue weighted by atomic mass is 31.2. The quantitative estimate of drug-likeness (QED) is 0.265. The summed E-state index contributed by atoms with van der Waals surface area (Å²) in [6.07, 6.45) is 1.05. The van der Waals surface area contributed by atoms with Crippen LogP contribution in [0.5, 0.6) is 0 Å². The minimum absolute atomic E-state index is 0.525. The van der Waals surface area contributed by atoms with Gasteiger partial charge in [0, 0.05) is 0 Å². The van der Waals surface area contributed by atoms with Crippen LogP contribution in [0.25, 0.3) is 0 Å². The highest BCUT2D eigenvalue weighted by Crippen LogP contribution is 2.44. The molecule has 0 spiro atoms. The van der Waals surface area contributed by atoms with E-state index in [-0.39, 0.29) is 0 Å². The van der Waals surface area contributed by atoms with E-state index in [0.29, 0.717) is 12.8 Å². The summed E-state index contributed by atoms with van der Waals surface area (Å²) in [5, 5.41) is 0. The number of primary amides is 2. The van der Waals surface area contributed by atoms with E-state index in [2.05, 4.69) is 0 Å². The lowest BCUT2D eigenvalue weighted by Crippen LogP contribution is -2.36. The summed E-state index contributed by atoms with van der Waals surface area (Å²) in [5.41, 5.74) is 8.82. The molecule has 2 amide bonds. The first-order valence-electron chi connectivity index (χ1n) is 3.48. The molecule has 14 heavy (non-hydrogen) atoms. The smallest absolute Gasteiger partial charge is 0.369 e. The van der Waals surface area contributed by atoms with Crippen molar-refractivity contribution in [3.63, 3.8) is 0 Å². The van der Waals surface area contributed by atoms with Crippen LogP contribution in [0.4, 0.5) is 0 Å². The lowest BCUT2D eigenvalue weighted by atomic mass is 10.1. The normalized spacial score (nSPS) is 17.6. The Balaban J connectivity index is 0.000000292. The molecule has 0 heterocycles. The van der Waals surface area contributed by atoms with Gasteiger partial charge in [-0.15, -0.1) is 0 Å². The molecule has 9 heteroatoms. The Hall–Kier alpha value is -0.950. The first-order valence-corrected chi connectivity index (χ1v) is 5.04. The van der Waals surface area contributed by atoms with Gasteiger partial charge >= 0.3 is 7.82 Å². The van der Waals surface area contributed by atoms with E-state index < -0.39 is 25.1 Å². The average molecular weight is 226 g/mol. The summed E-state index contributed by atoms with van der Waals surface area (Å²) in [6.45, 7) is 0. The van der Waals surface area contributed by atoms with Crippen molar-refractivity contribution >= 4 is 19.6 Å². The van der Waals surface area contributed by atoms with Gasteiger partial charge in [0.25, 0.3) is 0 Å². The zero-order valence-corrected chi connectivity index (χ0v) is 7.98. The Kier molecular flexibility index (Phi) is 3.78. The molecular weight excluding hydrogens is 215 g/mol. The number of carbonyl (C=O) groups excluding carboxylic acids is 2. The maximum absolute atomic E-state index is 10.4. The van der Waals surface area contributed by atoms with Crippen LogP contribution in [0.1, 0.15) is 12.8 Å². The third-order valence-corrected chi connectivity index (χ3v) is 1.69. The van der Waals surface area contributed by atoms with Crippen LogP contribution in [-0.2, 0) is 14.2 Å². The number of carbonyl (C=O) groups is 2. The Morgan fingerprint density at radius 3 is 1.29 bits per heavy atom. The first-order chi connectivity index (χ1) is 6.09. The zero-order chi connectivity index (χ0) is 11.6. The first kappa shape index (κ1) is 13.1. The fourth-order valence-corrected chi connectivity index (χ4v) is 0.739. The molecule has 0 aromatic rings. The molecule has 0 aliphatic heterocycles. The Morgan fingerprint density at radius 2 is 1.29 bits per heavy atom. The summed E-state index contributed by atoms with van der Waals surface area (Å²) < 4.78 is 8.88. The molecule has 1 saturated carbocycles. The second kappa shape index (κ2) is 4.05. The van der Waals surface area contributed by atoms with Crippen molar-refractivity contribution in [2.24, 2.45) is 16.9 Å². The van der Waals surface area contributed by atoms with Crippen molar-refractivity contribution in [2.75, 3.05) is 0 Å². The molecule has 0 saturated heterocycles. The minimum atomic E-state index is -4.64. The molecule has 1 aliphatic carbocycles. The molecule has 0 bridgehead atoms. The molecule has 0 unspecified atom stereocenters. The van der Waals surface area contributed by atoms with Crippen molar-refractivity contribution in [2.45, 2.75) is 12.8 Å². The molecule has 0 radical (unpaired) electrons. The Labute approximate surface area is 79.1 Å². The number of rotatable bonds is 2. The number of hydrogen-bond donors (Lipinski definition) is 5. The van der Waals surface area contributed by atoms with Gasteiger partial charge in [0.2, 0.25) is 11.8 Å². The van der Waals surface area contributed by atoms with E-state index in [1.54, 1.807) is 0 Å². The fourth-order valence-electron chi connectivity index (χ4n) is 0.739. The van der Waals surface area contributed by atoms with Crippen LogP contribution in [0.3, 0.4) is 0 Å². The Morgan fingerprint density at radius 1 is 1.07 bits per heavy atom. The molecule has 1 aliphatic rings. The third-order valence-electron chi connectivity index (χ3n) is 1.69. The van der Waals surface area contributed by atoms with Crippen LogP contribution < -0.4 is 11.5 Å². The lowest BCUT2D eigenvalue weighted by molar-refractivity contribution is -0.133. The number of phosphoric acid groups is 1. The van der Waals surface area contributed by atoms with Crippen molar-refractivity contribution < 1.29 is 28.8 Å². The van der Waals surface area contributed by atoms with E-state index in [4.69, 9.17) is 30.7 Å². The summed E-state index contributed by atoms with van der Waals surface area (Å²) in [4.78, 5) is 42.5. The SMILES string of the molecule is NC(=O)C1(C(N)=O)CC1.O=P(O)(O)O. The minimum Gasteiger partial charge on any atom is -0.369 e. The van der Waals surface area contributed by atoms with Gasteiger partial charge in [0.05, 0.1) is 0 Å². The predicted molar refractivity (Wildman–Crippen MR) is 44.3 cm³/mol. The molecule has 7 N–H and O–H groups in total. The molecule has 0 aromatic heterocycles. The average Bonchev–Trinajstić information content (AvgIpc) is 2.59. The molecular formula is C5H11N2O6P. The number of amides is 2. The van der Waals surface area contributed by atoms with Crippen molar-refractivity contribution in [3.8, 4) is 0 Å². The highest BCUT2D eigenvalue weighted by Gasteiger charge is 2.54. The van der Waals surface area contributed by atoms with Gasteiger partial charge in [-0.1, -0.05) is 0 Å². The third kappa shape index (κ3) is 4.33. The molecule has 1 rings (SSSR count). The largest absolute Gasteiger partial charge is 0.466 e. The molecule has 0 aromatic carbocycles. The van der Waals surface area contributed by atoms with Crippen molar-refractivity contribution in [1.29, 1.82) is 0 Å². The van der Waals surface area contributed by atoms with Gasteiger partial charge in [0.15, 0.2) is 0 Å². The fraction of sp³-hybridized carbons (Fsp3) is 0.600. The zero-order valence-electron chi connectivity index (χ0n) is 7.08.